The van der Waals surface area contributed by atoms with Crippen molar-refractivity contribution in [3.05, 3.63) is 47.0 Å². The lowest BCUT2D eigenvalue weighted by Gasteiger charge is -2.36. The lowest BCUT2D eigenvalue weighted by atomic mass is 9.67. The maximum absolute atomic E-state index is 12.8. The summed E-state index contributed by atoms with van der Waals surface area (Å²) in [6, 6.07) is 9.11. The number of rotatable bonds is 4. The second kappa shape index (κ2) is 6.90. The smallest absolute Gasteiger partial charge is 0.166 e. The number of hydrogen-bond acceptors (Lipinski definition) is 5. The molecule has 0 heterocycles. The number of benzene rings is 2. The van der Waals surface area contributed by atoms with Gasteiger partial charge in [-0.05, 0) is 41.3 Å². The Morgan fingerprint density at radius 3 is 2.15 bits per heavy atom. The van der Waals surface area contributed by atoms with Gasteiger partial charge in [-0.2, -0.15) is 0 Å². The summed E-state index contributed by atoms with van der Waals surface area (Å²) in [4.78, 5) is 12.8. The molecule has 0 spiro atoms. The van der Waals surface area contributed by atoms with Gasteiger partial charge in [-0.1, -0.05) is 19.9 Å². The summed E-state index contributed by atoms with van der Waals surface area (Å²) in [5, 5.41) is 10.1. The zero-order chi connectivity index (χ0) is 19.0. The summed E-state index contributed by atoms with van der Waals surface area (Å²) in [7, 11) is 4.71. The first-order valence-electron chi connectivity index (χ1n) is 8.59. The van der Waals surface area contributed by atoms with Gasteiger partial charge in [-0.15, -0.1) is 0 Å². The first-order valence-corrected chi connectivity index (χ1v) is 8.59. The number of phenols is 1. The third-order valence-electron chi connectivity index (χ3n) is 5.45. The maximum atomic E-state index is 12.8. The summed E-state index contributed by atoms with van der Waals surface area (Å²) in [5.41, 5.74) is 2.44. The highest BCUT2D eigenvalue weighted by molar-refractivity contribution is 6.01. The zero-order valence-corrected chi connectivity index (χ0v) is 15.7. The lowest BCUT2D eigenvalue weighted by Crippen LogP contribution is -2.32. The molecule has 1 N–H and O–H groups in total. The number of carbonyl (C=O) groups excluding carboxylic acids is 1. The standard InChI is InChI=1S/C21H24O5/c1-11-12(2)21(23)15-9-16(22)18(25-4)10-14(15)20(11)13-6-7-17(24-3)19(8-13)26-5/h6-12,20,22H,1-5H3/t11-,12+,20-/m1/s1. The number of phenolic OH excluding ortho intramolecular Hbond substituents is 1. The molecule has 5 heteroatoms. The van der Waals surface area contributed by atoms with E-state index in [9.17, 15) is 9.90 Å². The van der Waals surface area contributed by atoms with E-state index in [1.165, 1.54) is 13.2 Å². The van der Waals surface area contributed by atoms with Gasteiger partial charge in [0.15, 0.2) is 28.8 Å². The second-order valence-electron chi connectivity index (χ2n) is 6.72. The molecular formula is C21H24O5. The second-order valence-corrected chi connectivity index (χ2v) is 6.72. The normalized spacial score (nSPS) is 21.9. The van der Waals surface area contributed by atoms with Crippen molar-refractivity contribution in [1.29, 1.82) is 0 Å². The molecule has 2 aromatic carbocycles. The van der Waals surface area contributed by atoms with E-state index in [0.717, 1.165) is 11.1 Å². The number of Topliss-reactive ketones (excluding diaryl/α,β-unsaturated/α-hetero) is 1. The van der Waals surface area contributed by atoms with E-state index in [1.807, 2.05) is 25.1 Å². The maximum Gasteiger partial charge on any atom is 0.166 e. The van der Waals surface area contributed by atoms with Crippen LogP contribution < -0.4 is 14.2 Å². The molecule has 0 aliphatic heterocycles. The van der Waals surface area contributed by atoms with Gasteiger partial charge in [0.25, 0.3) is 0 Å². The number of ether oxygens (including phenoxy) is 3. The van der Waals surface area contributed by atoms with Crippen LogP contribution in [0.15, 0.2) is 30.3 Å². The summed E-state index contributed by atoms with van der Waals surface area (Å²) in [5.74, 6) is 1.60. The molecular weight excluding hydrogens is 332 g/mol. The first kappa shape index (κ1) is 18.1. The highest BCUT2D eigenvalue weighted by Crippen LogP contribution is 2.47. The summed E-state index contributed by atoms with van der Waals surface area (Å²) in [6.45, 7) is 4.01. The topological polar surface area (TPSA) is 65.0 Å². The highest BCUT2D eigenvalue weighted by Gasteiger charge is 2.39. The Balaban J connectivity index is 2.21. The van der Waals surface area contributed by atoms with Gasteiger partial charge < -0.3 is 19.3 Å². The van der Waals surface area contributed by atoms with Crippen LogP contribution in [-0.2, 0) is 0 Å². The molecule has 3 rings (SSSR count). The molecule has 0 amide bonds. The third kappa shape index (κ3) is 2.77. The van der Waals surface area contributed by atoms with Gasteiger partial charge >= 0.3 is 0 Å². The van der Waals surface area contributed by atoms with Crippen LogP contribution in [0.3, 0.4) is 0 Å². The molecule has 0 saturated carbocycles. The number of methoxy groups -OCH3 is 3. The van der Waals surface area contributed by atoms with E-state index in [2.05, 4.69) is 6.92 Å². The predicted molar refractivity (Wildman–Crippen MR) is 98.7 cm³/mol. The molecule has 26 heavy (non-hydrogen) atoms. The first-order chi connectivity index (χ1) is 12.4. The zero-order valence-electron chi connectivity index (χ0n) is 15.7. The molecule has 1 aliphatic rings. The van der Waals surface area contributed by atoms with Crippen molar-refractivity contribution in [2.45, 2.75) is 19.8 Å². The van der Waals surface area contributed by atoms with Crippen molar-refractivity contribution in [3.8, 4) is 23.0 Å². The van der Waals surface area contributed by atoms with Crippen LogP contribution in [0.2, 0.25) is 0 Å². The monoisotopic (exact) mass is 356 g/mol. The molecule has 138 valence electrons. The van der Waals surface area contributed by atoms with Gasteiger partial charge in [0.2, 0.25) is 0 Å². The fraction of sp³-hybridized carbons (Fsp3) is 0.381. The molecule has 1 aliphatic carbocycles. The molecule has 0 unspecified atom stereocenters. The van der Waals surface area contributed by atoms with E-state index < -0.39 is 0 Å². The Morgan fingerprint density at radius 1 is 0.885 bits per heavy atom. The van der Waals surface area contributed by atoms with Gasteiger partial charge in [0, 0.05) is 17.4 Å². The van der Waals surface area contributed by atoms with Crippen molar-refractivity contribution in [2.24, 2.45) is 11.8 Å². The Kier molecular flexibility index (Phi) is 4.81. The highest BCUT2D eigenvalue weighted by atomic mass is 16.5. The fourth-order valence-corrected chi connectivity index (χ4v) is 3.80. The van der Waals surface area contributed by atoms with E-state index >= 15 is 0 Å². The van der Waals surface area contributed by atoms with Crippen LogP contribution in [0.25, 0.3) is 0 Å². The summed E-state index contributed by atoms with van der Waals surface area (Å²) in [6.07, 6.45) is 0. The average molecular weight is 356 g/mol. The molecule has 0 fully saturated rings. The molecule has 0 saturated heterocycles. The Morgan fingerprint density at radius 2 is 1.54 bits per heavy atom. The minimum absolute atomic E-state index is 0.0209. The molecule has 3 atom stereocenters. The molecule has 0 radical (unpaired) electrons. The van der Waals surface area contributed by atoms with Gasteiger partial charge in [-0.25, -0.2) is 0 Å². The van der Waals surface area contributed by atoms with E-state index in [4.69, 9.17) is 14.2 Å². The lowest BCUT2D eigenvalue weighted by molar-refractivity contribution is 0.0865. The van der Waals surface area contributed by atoms with Gasteiger partial charge in [0.05, 0.1) is 21.3 Å². The van der Waals surface area contributed by atoms with Crippen molar-refractivity contribution < 1.29 is 24.1 Å². The predicted octanol–water partition coefficient (Wildman–Crippen LogP) is 4.02. The van der Waals surface area contributed by atoms with E-state index in [0.29, 0.717) is 22.8 Å². The SMILES string of the molecule is COc1cc2c(cc1O)C(=O)[C@@H](C)[C@@H](C)[C@@H]2c1ccc(OC)c(OC)c1. The quantitative estimate of drug-likeness (QED) is 0.896. The molecule has 5 nitrogen and oxygen atoms in total. The number of ketones is 1. The van der Waals surface area contributed by atoms with Gasteiger partial charge in [0.1, 0.15) is 0 Å². The van der Waals surface area contributed by atoms with Crippen molar-refractivity contribution in [1.82, 2.24) is 0 Å². The molecule has 0 aromatic heterocycles. The van der Waals surface area contributed by atoms with Crippen LogP contribution in [0.5, 0.6) is 23.0 Å². The minimum atomic E-state index is -0.159. The van der Waals surface area contributed by atoms with E-state index in [-0.39, 0.29) is 29.3 Å². The Bertz CT molecular complexity index is 843. The van der Waals surface area contributed by atoms with Gasteiger partial charge in [-0.3, -0.25) is 4.79 Å². The number of fused-ring (bicyclic) bond motifs is 1. The fourth-order valence-electron chi connectivity index (χ4n) is 3.80. The Hall–Kier alpha value is -2.69. The summed E-state index contributed by atoms with van der Waals surface area (Å²) >= 11 is 0. The van der Waals surface area contributed by atoms with Crippen LogP contribution in [0, 0.1) is 11.8 Å². The summed E-state index contributed by atoms with van der Waals surface area (Å²) < 4.78 is 16.0. The number of aromatic hydroxyl groups is 1. The van der Waals surface area contributed by atoms with Crippen molar-refractivity contribution >= 4 is 5.78 Å². The van der Waals surface area contributed by atoms with Crippen LogP contribution in [-0.4, -0.2) is 32.2 Å². The van der Waals surface area contributed by atoms with Crippen LogP contribution in [0.4, 0.5) is 0 Å². The largest absolute Gasteiger partial charge is 0.504 e. The van der Waals surface area contributed by atoms with Crippen molar-refractivity contribution in [3.63, 3.8) is 0 Å². The minimum Gasteiger partial charge on any atom is -0.504 e. The number of hydrogen-bond donors (Lipinski definition) is 1. The Labute approximate surface area is 153 Å². The van der Waals surface area contributed by atoms with Crippen LogP contribution >= 0.6 is 0 Å². The molecule has 2 aromatic rings. The molecule has 0 bridgehead atoms. The average Bonchev–Trinajstić information content (AvgIpc) is 2.66. The number of carbonyl (C=O) groups is 1. The van der Waals surface area contributed by atoms with Crippen LogP contribution in [0.1, 0.15) is 41.3 Å². The third-order valence-corrected chi connectivity index (χ3v) is 5.45. The van der Waals surface area contributed by atoms with E-state index in [1.54, 1.807) is 20.3 Å². The van der Waals surface area contributed by atoms with Crippen molar-refractivity contribution in [2.75, 3.05) is 21.3 Å².